The third kappa shape index (κ3) is 2.13. The molecule has 1 heterocycles. The van der Waals surface area contributed by atoms with Crippen LogP contribution in [-0.4, -0.2) is 29.6 Å². The summed E-state index contributed by atoms with van der Waals surface area (Å²) in [6.07, 6.45) is 1.97. The lowest BCUT2D eigenvalue weighted by Crippen LogP contribution is -2.39. The van der Waals surface area contributed by atoms with Crippen molar-refractivity contribution in [3.05, 3.63) is 29.8 Å². The number of rotatable bonds is 1. The van der Waals surface area contributed by atoms with Gasteiger partial charge in [0.15, 0.2) is 0 Å². The molecule has 0 bridgehead atoms. The highest BCUT2D eigenvalue weighted by atomic mass is 16.3. The Labute approximate surface area is 90.5 Å². The van der Waals surface area contributed by atoms with Crippen LogP contribution in [0.15, 0.2) is 24.3 Å². The maximum absolute atomic E-state index is 9.80. The summed E-state index contributed by atoms with van der Waals surface area (Å²) in [7, 11) is 2.09. The van der Waals surface area contributed by atoms with Gasteiger partial charge >= 0.3 is 0 Å². The molecule has 0 aromatic heterocycles. The largest absolute Gasteiger partial charge is 0.508 e. The Morgan fingerprint density at radius 2 is 2.13 bits per heavy atom. The van der Waals surface area contributed by atoms with Gasteiger partial charge in [-0.15, -0.1) is 0 Å². The summed E-state index contributed by atoms with van der Waals surface area (Å²) < 4.78 is 0. The van der Waals surface area contributed by atoms with E-state index in [1.807, 2.05) is 18.2 Å². The van der Waals surface area contributed by atoms with Gasteiger partial charge in [0.05, 0.1) is 0 Å². The van der Waals surface area contributed by atoms with Crippen molar-refractivity contribution in [2.45, 2.75) is 24.9 Å². The number of hydrogen-bond acceptors (Lipinski definition) is 3. The summed E-state index contributed by atoms with van der Waals surface area (Å²) in [4.78, 5) is 2.26. The van der Waals surface area contributed by atoms with E-state index in [1.54, 1.807) is 6.07 Å². The van der Waals surface area contributed by atoms with E-state index in [-0.39, 0.29) is 12.1 Å². The number of piperidine rings is 1. The fourth-order valence-corrected chi connectivity index (χ4v) is 2.24. The third-order valence-corrected chi connectivity index (χ3v) is 3.21. The standard InChI is InChI=1S/C12H18N2O/c1-14-7-6-9(13)8-11(14)10-4-2-3-5-12(10)15/h2-5,9,11,15H,6-8,13H2,1H3. The van der Waals surface area contributed by atoms with E-state index < -0.39 is 0 Å². The van der Waals surface area contributed by atoms with E-state index in [2.05, 4.69) is 11.9 Å². The number of phenols is 1. The Hall–Kier alpha value is -1.06. The molecule has 0 radical (unpaired) electrons. The average Bonchev–Trinajstić information content (AvgIpc) is 2.23. The lowest BCUT2D eigenvalue weighted by atomic mass is 9.92. The summed E-state index contributed by atoms with van der Waals surface area (Å²) in [5, 5.41) is 9.80. The SMILES string of the molecule is CN1CCC(N)CC1c1ccccc1O. The Morgan fingerprint density at radius 1 is 1.40 bits per heavy atom. The summed E-state index contributed by atoms with van der Waals surface area (Å²) in [6, 6.07) is 8.04. The Balaban J connectivity index is 2.25. The molecule has 1 aromatic carbocycles. The van der Waals surface area contributed by atoms with Crippen LogP contribution in [0.25, 0.3) is 0 Å². The third-order valence-electron chi connectivity index (χ3n) is 3.21. The van der Waals surface area contributed by atoms with Gasteiger partial charge in [-0.25, -0.2) is 0 Å². The van der Waals surface area contributed by atoms with Gasteiger partial charge in [0.2, 0.25) is 0 Å². The smallest absolute Gasteiger partial charge is 0.120 e. The van der Waals surface area contributed by atoms with E-state index >= 15 is 0 Å². The zero-order chi connectivity index (χ0) is 10.8. The number of aromatic hydroxyl groups is 1. The second-order valence-electron chi connectivity index (χ2n) is 4.34. The van der Waals surface area contributed by atoms with Crippen molar-refractivity contribution >= 4 is 0 Å². The fraction of sp³-hybridized carbons (Fsp3) is 0.500. The lowest BCUT2D eigenvalue weighted by molar-refractivity contribution is 0.168. The molecule has 3 nitrogen and oxygen atoms in total. The predicted octanol–water partition coefficient (Wildman–Crippen LogP) is 1.49. The molecule has 1 aliphatic heterocycles. The number of nitrogens with zero attached hydrogens (tertiary/aromatic N) is 1. The first-order valence-electron chi connectivity index (χ1n) is 5.42. The van der Waals surface area contributed by atoms with E-state index in [0.29, 0.717) is 5.75 Å². The van der Waals surface area contributed by atoms with Crippen molar-refractivity contribution in [3.63, 3.8) is 0 Å². The predicted molar refractivity (Wildman–Crippen MR) is 60.7 cm³/mol. The molecular formula is C12H18N2O. The number of likely N-dealkylation sites (tertiary alicyclic amines) is 1. The summed E-state index contributed by atoms with van der Waals surface area (Å²) in [5.74, 6) is 0.378. The van der Waals surface area contributed by atoms with Gasteiger partial charge in [-0.1, -0.05) is 18.2 Å². The van der Waals surface area contributed by atoms with Crippen molar-refractivity contribution < 1.29 is 5.11 Å². The molecule has 2 atom stereocenters. The maximum atomic E-state index is 9.80. The monoisotopic (exact) mass is 206 g/mol. The molecule has 2 rings (SSSR count). The fourth-order valence-electron chi connectivity index (χ4n) is 2.24. The average molecular weight is 206 g/mol. The Bertz CT molecular complexity index is 340. The molecule has 3 heteroatoms. The Morgan fingerprint density at radius 3 is 2.87 bits per heavy atom. The topological polar surface area (TPSA) is 49.5 Å². The van der Waals surface area contributed by atoms with Crippen molar-refractivity contribution in [2.24, 2.45) is 5.73 Å². The quantitative estimate of drug-likeness (QED) is 0.732. The van der Waals surface area contributed by atoms with Gasteiger partial charge in [0, 0.05) is 17.6 Å². The second-order valence-corrected chi connectivity index (χ2v) is 4.34. The Kier molecular flexibility index (Phi) is 2.93. The molecule has 0 saturated carbocycles. The normalized spacial score (nSPS) is 27.9. The zero-order valence-electron chi connectivity index (χ0n) is 9.06. The maximum Gasteiger partial charge on any atom is 0.120 e. The van der Waals surface area contributed by atoms with Crippen LogP contribution in [0.5, 0.6) is 5.75 Å². The van der Waals surface area contributed by atoms with Crippen molar-refractivity contribution in [2.75, 3.05) is 13.6 Å². The molecule has 3 N–H and O–H groups in total. The van der Waals surface area contributed by atoms with Gasteiger partial charge in [-0.05, 0) is 32.5 Å². The van der Waals surface area contributed by atoms with Crippen molar-refractivity contribution in [1.29, 1.82) is 0 Å². The number of hydrogen-bond donors (Lipinski definition) is 2. The summed E-state index contributed by atoms with van der Waals surface area (Å²) >= 11 is 0. The lowest BCUT2D eigenvalue weighted by Gasteiger charge is -2.36. The van der Waals surface area contributed by atoms with Crippen LogP contribution < -0.4 is 5.73 Å². The second kappa shape index (κ2) is 4.21. The minimum atomic E-state index is 0.255. The van der Waals surface area contributed by atoms with Gasteiger partial charge in [0.25, 0.3) is 0 Å². The minimum absolute atomic E-state index is 0.255. The minimum Gasteiger partial charge on any atom is -0.508 e. The number of phenolic OH excluding ortho intramolecular Hbond substituents is 1. The molecule has 1 aromatic rings. The highest BCUT2D eigenvalue weighted by Gasteiger charge is 2.26. The van der Waals surface area contributed by atoms with E-state index in [0.717, 1.165) is 24.9 Å². The van der Waals surface area contributed by atoms with Gasteiger partial charge in [-0.2, -0.15) is 0 Å². The van der Waals surface area contributed by atoms with E-state index in [4.69, 9.17) is 5.73 Å². The highest BCUT2D eigenvalue weighted by molar-refractivity contribution is 5.34. The van der Waals surface area contributed by atoms with Crippen LogP contribution in [0, 0.1) is 0 Å². The van der Waals surface area contributed by atoms with E-state index in [9.17, 15) is 5.11 Å². The summed E-state index contributed by atoms with van der Waals surface area (Å²) in [5.41, 5.74) is 6.96. The van der Waals surface area contributed by atoms with Gasteiger partial charge in [-0.3, -0.25) is 4.90 Å². The van der Waals surface area contributed by atoms with E-state index in [1.165, 1.54) is 0 Å². The van der Waals surface area contributed by atoms with Crippen LogP contribution in [0.4, 0.5) is 0 Å². The molecule has 1 saturated heterocycles. The van der Waals surface area contributed by atoms with Gasteiger partial charge in [0.1, 0.15) is 5.75 Å². The first-order valence-corrected chi connectivity index (χ1v) is 5.42. The first kappa shape index (κ1) is 10.5. The van der Waals surface area contributed by atoms with Crippen molar-refractivity contribution in [3.8, 4) is 5.75 Å². The number of para-hydroxylation sites is 1. The molecule has 82 valence electrons. The molecule has 2 unspecified atom stereocenters. The highest BCUT2D eigenvalue weighted by Crippen LogP contribution is 2.33. The zero-order valence-corrected chi connectivity index (χ0v) is 9.06. The molecule has 15 heavy (non-hydrogen) atoms. The molecule has 0 amide bonds. The molecular weight excluding hydrogens is 188 g/mol. The number of benzene rings is 1. The van der Waals surface area contributed by atoms with Crippen LogP contribution in [0.2, 0.25) is 0 Å². The van der Waals surface area contributed by atoms with Crippen LogP contribution in [0.1, 0.15) is 24.4 Å². The molecule has 1 aliphatic rings. The van der Waals surface area contributed by atoms with Crippen LogP contribution in [-0.2, 0) is 0 Å². The van der Waals surface area contributed by atoms with Gasteiger partial charge < -0.3 is 10.8 Å². The number of nitrogens with two attached hydrogens (primary N) is 1. The van der Waals surface area contributed by atoms with Crippen LogP contribution >= 0.6 is 0 Å². The molecule has 0 aliphatic carbocycles. The summed E-state index contributed by atoms with van der Waals surface area (Å²) in [6.45, 7) is 1.00. The van der Waals surface area contributed by atoms with Crippen LogP contribution in [0.3, 0.4) is 0 Å². The molecule has 1 fully saturated rings. The first-order chi connectivity index (χ1) is 7.18. The molecule has 0 spiro atoms. The van der Waals surface area contributed by atoms with Crippen molar-refractivity contribution in [1.82, 2.24) is 4.90 Å².